The van der Waals surface area contributed by atoms with Gasteiger partial charge in [-0.2, -0.15) is 19.9 Å². The van der Waals surface area contributed by atoms with Crippen molar-refractivity contribution in [2.45, 2.75) is 0 Å². The van der Waals surface area contributed by atoms with Gasteiger partial charge in [0.2, 0.25) is 11.9 Å². The van der Waals surface area contributed by atoms with E-state index in [1.807, 2.05) is 134 Å². The van der Waals surface area contributed by atoms with Gasteiger partial charge in [0.25, 0.3) is 0 Å². The van der Waals surface area contributed by atoms with E-state index < -0.39 is 0 Å². The molecule has 0 unspecified atom stereocenters. The lowest BCUT2D eigenvalue weighted by Gasteiger charge is -2.12. The van der Waals surface area contributed by atoms with Gasteiger partial charge in [0.05, 0.1) is 66.2 Å². The van der Waals surface area contributed by atoms with Gasteiger partial charge in [0.1, 0.15) is 0 Å². The highest BCUT2D eigenvalue weighted by Crippen LogP contribution is 2.46. The molecule has 130 heavy (non-hydrogen) atoms. The Labute approximate surface area is 744 Å². The monoisotopic (exact) mass is 1660 g/mol. The Morgan fingerprint density at radius 3 is 0.931 bits per heavy atom. The van der Waals surface area contributed by atoms with Gasteiger partial charge in [0.15, 0.2) is 28.9 Å². The molecule has 14 nitrogen and oxygen atoms in total. The summed E-state index contributed by atoms with van der Waals surface area (Å²) in [4.78, 5) is 39.4. The summed E-state index contributed by atoms with van der Waals surface area (Å²) in [7, 11) is 0. The summed E-state index contributed by atoms with van der Waals surface area (Å²) in [5, 5.41) is 15.4. The fourth-order valence-corrected chi connectivity index (χ4v) is 19.5. The summed E-state index contributed by atoms with van der Waals surface area (Å²) < 4.78 is 13.9. The standard InChI is InChI=1S/2C39H25N5.C38H24N4/c1-4-14-26(15-5-1)37-40-38(27-16-6-2-7-17-27)42-39(41-37)44-34-23-13-11-21-30(34)32-24-35-31(25-36(32)44)29-20-10-12-22-33(29)43(35)28-18-8-3-9-19-28;1-4-14-26(15-5-1)37-40-38(27-16-6-2-7-17-27)42-39(41-37)44-32-22-12-10-20-29(32)30-24-25-34-35(36(30)44)31-21-11-13-23-33(31)43(34)28-18-8-3-9-19-28;1-2-11-26(12-3-1)41-34-17-6-4-14-29(34)32-23-33-30-15-5-7-18-35(30)42(37(33)24-36(32)41)27-13-8-10-25(22-27)28-19-21-40-38-31(28)16-9-20-39-38/h2*1-25H;1-24H. The van der Waals surface area contributed by atoms with E-state index in [9.17, 15) is 0 Å². The van der Waals surface area contributed by atoms with E-state index in [4.69, 9.17) is 29.9 Å². The number of hydrogen-bond donors (Lipinski definition) is 0. The first-order valence-corrected chi connectivity index (χ1v) is 43.6. The van der Waals surface area contributed by atoms with E-state index in [0.717, 1.165) is 122 Å². The zero-order chi connectivity index (χ0) is 85.7. The van der Waals surface area contributed by atoms with Gasteiger partial charge in [-0.1, -0.05) is 303 Å². The number of hydrogen-bond acceptors (Lipinski definition) is 8. The van der Waals surface area contributed by atoms with E-state index in [2.05, 4.69) is 347 Å². The average molecular weight is 1660 g/mol. The van der Waals surface area contributed by atoms with Crippen LogP contribution in [0.25, 0.3) is 233 Å². The zero-order valence-corrected chi connectivity index (χ0v) is 70.0. The van der Waals surface area contributed by atoms with Crippen LogP contribution in [0.5, 0.6) is 0 Å². The van der Waals surface area contributed by atoms with Crippen molar-refractivity contribution in [3.05, 3.63) is 449 Å². The highest BCUT2D eigenvalue weighted by Gasteiger charge is 2.27. The minimum absolute atomic E-state index is 0.591. The second-order valence-electron chi connectivity index (χ2n) is 32.6. The third-order valence-corrected chi connectivity index (χ3v) is 25.2. The summed E-state index contributed by atoms with van der Waals surface area (Å²) in [6.45, 7) is 0. The molecule has 0 saturated heterocycles. The fourth-order valence-electron chi connectivity index (χ4n) is 19.5. The lowest BCUT2D eigenvalue weighted by molar-refractivity contribution is 0.953. The van der Waals surface area contributed by atoms with Crippen LogP contribution in [-0.2, 0) is 0 Å². The SMILES string of the molecule is c1ccc(-c2nc(-c3ccccc3)nc(-n3c4ccccc4c4cc5c(cc43)c3ccccc3n5-c3ccccc3)n2)cc1.c1ccc(-c2nc(-c3ccccc3)nc(-n3c4ccccc4c4ccc5c(c6ccccc6n5-c5ccccc5)c43)n2)cc1.c1ccc(-n2c3ccccc3c3cc4c5ccccc5n(-c5cccc(-c6ccnc7ncccc67)c5)c4cc32)cc1. The van der Waals surface area contributed by atoms with E-state index in [0.29, 0.717) is 35.2 Å². The molecule has 0 amide bonds. The molecular weight excluding hydrogens is 1590 g/mol. The molecule has 0 saturated carbocycles. The second-order valence-corrected chi connectivity index (χ2v) is 32.6. The molecule has 10 aromatic heterocycles. The van der Waals surface area contributed by atoms with E-state index >= 15 is 0 Å². The number of aromatic nitrogens is 14. The number of nitrogens with zero attached hydrogens (tertiary/aromatic N) is 14. The quantitative estimate of drug-likeness (QED) is 0.125. The van der Waals surface area contributed by atoms with Crippen molar-refractivity contribution in [1.82, 2.24) is 67.3 Å². The molecular formula is C116H74N14. The lowest BCUT2D eigenvalue weighted by atomic mass is 10.0. The van der Waals surface area contributed by atoms with Crippen LogP contribution < -0.4 is 0 Å². The smallest absolute Gasteiger partial charge is 0.238 e. The number of rotatable bonds is 11. The van der Waals surface area contributed by atoms with Crippen molar-refractivity contribution < 1.29 is 0 Å². The van der Waals surface area contributed by atoms with Gasteiger partial charge in [-0.05, 0) is 145 Å². The van der Waals surface area contributed by atoms with Crippen LogP contribution in [0.1, 0.15) is 0 Å². The predicted octanol–water partition coefficient (Wildman–Crippen LogP) is 28.3. The van der Waals surface area contributed by atoms with Crippen molar-refractivity contribution in [3.63, 3.8) is 0 Å². The zero-order valence-electron chi connectivity index (χ0n) is 70.0. The molecule has 17 aromatic carbocycles. The van der Waals surface area contributed by atoms with Crippen LogP contribution in [0, 0.1) is 0 Å². The predicted molar refractivity (Wildman–Crippen MR) is 532 cm³/mol. The van der Waals surface area contributed by atoms with Crippen molar-refractivity contribution in [3.8, 4) is 91.3 Å². The largest absolute Gasteiger partial charge is 0.309 e. The maximum atomic E-state index is 5.16. The third kappa shape index (κ3) is 12.5. The molecule has 0 aliphatic carbocycles. The van der Waals surface area contributed by atoms with E-state index in [1.165, 1.54) is 76.2 Å². The minimum atomic E-state index is 0.591. The van der Waals surface area contributed by atoms with Crippen LogP contribution in [0.2, 0.25) is 0 Å². The normalized spacial score (nSPS) is 11.7. The van der Waals surface area contributed by atoms with Gasteiger partial charge in [0, 0.05) is 127 Å². The summed E-state index contributed by atoms with van der Waals surface area (Å²) in [5.41, 5.74) is 25.0. The van der Waals surface area contributed by atoms with Crippen molar-refractivity contribution in [1.29, 1.82) is 0 Å². The van der Waals surface area contributed by atoms with Crippen LogP contribution >= 0.6 is 0 Å². The second kappa shape index (κ2) is 31.1. The van der Waals surface area contributed by atoms with E-state index in [-0.39, 0.29) is 0 Å². The number of benzene rings is 17. The van der Waals surface area contributed by atoms with Gasteiger partial charge in [-0.15, -0.1) is 0 Å². The third-order valence-electron chi connectivity index (χ3n) is 25.2. The number of fused-ring (bicyclic) bond motifs is 20. The van der Waals surface area contributed by atoms with Gasteiger partial charge >= 0.3 is 0 Å². The molecule has 0 spiro atoms. The van der Waals surface area contributed by atoms with Crippen molar-refractivity contribution in [2.24, 2.45) is 0 Å². The Kier molecular flexibility index (Phi) is 17.9. The van der Waals surface area contributed by atoms with Crippen LogP contribution in [-0.4, -0.2) is 67.3 Å². The van der Waals surface area contributed by atoms with E-state index in [1.54, 1.807) is 6.20 Å². The Hall–Kier alpha value is -17.9. The molecule has 0 fully saturated rings. The Morgan fingerprint density at radius 1 is 0.162 bits per heavy atom. The first-order valence-electron chi connectivity index (χ1n) is 43.6. The molecule has 27 aromatic rings. The molecule has 10 heterocycles. The maximum Gasteiger partial charge on any atom is 0.238 e. The van der Waals surface area contributed by atoms with Gasteiger partial charge in [-0.25, -0.2) is 19.9 Å². The Bertz CT molecular complexity index is 8980. The molecule has 0 aliphatic heterocycles. The summed E-state index contributed by atoms with van der Waals surface area (Å²) in [6.07, 6.45) is 3.64. The average Bonchev–Trinajstić information content (AvgIpc) is 1.55. The lowest BCUT2D eigenvalue weighted by Crippen LogP contribution is -2.06. The maximum absolute atomic E-state index is 5.16. The molecule has 608 valence electrons. The highest BCUT2D eigenvalue weighted by atomic mass is 15.2. The minimum Gasteiger partial charge on any atom is -0.309 e. The van der Waals surface area contributed by atoms with Crippen LogP contribution in [0.15, 0.2) is 449 Å². The molecule has 0 bridgehead atoms. The first-order chi connectivity index (χ1) is 64.5. The molecule has 0 N–H and O–H groups in total. The fraction of sp³-hybridized carbons (Fsp3) is 0. The molecule has 14 heteroatoms. The van der Waals surface area contributed by atoms with Crippen molar-refractivity contribution in [2.75, 3.05) is 0 Å². The van der Waals surface area contributed by atoms with Crippen LogP contribution in [0.4, 0.5) is 0 Å². The molecule has 0 atom stereocenters. The number of para-hydroxylation sites is 9. The summed E-state index contributed by atoms with van der Waals surface area (Å²) in [5.74, 6) is 3.74. The molecule has 27 rings (SSSR count). The Morgan fingerprint density at radius 2 is 0.477 bits per heavy atom. The van der Waals surface area contributed by atoms with Gasteiger partial charge in [-0.3, -0.25) is 9.13 Å². The molecule has 0 radical (unpaired) electrons. The Balaban J connectivity index is 0.000000105. The highest BCUT2D eigenvalue weighted by molar-refractivity contribution is 6.27. The summed E-state index contributed by atoms with van der Waals surface area (Å²) >= 11 is 0. The van der Waals surface area contributed by atoms with Crippen molar-refractivity contribution >= 4 is 142 Å². The summed E-state index contributed by atoms with van der Waals surface area (Å²) in [6, 6.07) is 153. The van der Waals surface area contributed by atoms with Crippen LogP contribution in [0.3, 0.4) is 0 Å². The molecule has 0 aliphatic rings. The number of pyridine rings is 2. The van der Waals surface area contributed by atoms with Gasteiger partial charge < -0.3 is 18.3 Å². The first kappa shape index (κ1) is 74.7. The topological polar surface area (TPSA) is 133 Å².